The molecule has 42 heavy (non-hydrogen) atoms. The van der Waals surface area contributed by atoms with Crippen molar-refractivity contribution in [1.29, 1.82) is 0 Å². The van der Waals surface area contributed by atoms with Gasteiger partial charge in [-0.25, -0.2) is 0 Å². The fourth-order valence-corrected chi connectivity index (χ4v) is 6.93. The average molecular weight is 618 g/mol. The molecule has 2 aromatic carbocycles. The molecule has 0 saturated carbocycles. The highest BCUT2D eigenvalue weighted by atomic mass is 32.2. The van der Waals surface area contributed by atoms with Crippen molar-refractivity contribution in [2.45, 2.75) is 51.4 Å². The molecule has 2 aromatic rings. The summed E-state index contributed by atoms with van der Waals surface area (Å²) in [5.74, 6) is -0.320. The first-order valence-electron chi connectivity index (χ1n) is 13.6. The summed E-state index contributed by atoms with van der Waals surface area (Å²) in [5, 5.41) is 0. The molecule has 0 fully saturated rings. The molecule has 0 bridgehead atoms. The van der Waals surface area contributed by atoms with E-state index in [9.17, 15) is 30.7 Å². The zero-order valence-corrected chi connectivity index (χ0v) is 25.8. The van der Waals surface area contributed by atoms with Crippen molar-refractivity contribution < 1.29 is 40.0 Å². The molecule has 0 unspecified atom stereocenters. The number of carbonyl (C=O) groups excluding carboxylic acids is 1. The molecule has 4 rings (SSSR count). The van der Waals surface area contributed by atoms with Crippen LogP contribution in [0.2, 0.25) is 0 Å². The Morgan fingerprint density at radius 2 is 1.57 bits per heavy atom. The molecule has 12 heteroatoms. The monoisotopic (exact) mass is 617 g/mol. The Morgan fingerprint density at radius 1 is 0.905 bits per heavy atom. The van der Waals surface area contributed by atoms with Crippen molar-refractivity contribution >= 4 is 43.8 Å². The molecule has 2 aliphatic rings. The van der Waals surface area contributed by atoms with Crippen LogP contribution in [0.4, 0.5) is 11.4 Å². The molecular formula is C30H37N2O8S2+. The SMILES string of the molecule is CC1(C)C(/C=C/C=C2/N(CCCS(=O)(=O)O)c3ccc(OC=O)cc3C2(C)C)=[N+](CCCS(=O)(=O)O)c2ccccc21. The van der Waals surface area contributed by atoms with E-state index in [-0.39, 0.29) is 29.8 Å². The van der Waals surface area contributed by atoms with Crippen molar-refractivity contribution in [2.75, 3.05) is 29.5 Å². The van der Waals surface area contributed by atoms with E-state index < -0.39 is 25.7 Å². The van der Waals surface area contributed by atoms with Crippen LogP contribution in [0.15, 0.2) is 66.4 Å². The summed E-state index contributed by atoms with van der Waals surface area (Å²) in [5.41, 5.74) is 4.77. The largest absolute Gasteiger partial charge is 0.429 e. The Balaban J connectivity index is 1.74. The fourth-order valence-electron chi connectivity index (χ4n) is 5.95. The Hall–Kier alpha value is -3.32. The van der Waals surface area contributed by atoms with Gasteiger partial charge in [-0.05, 0) is 50.1 Å². The third-order valence-electron chi connectivity index (χ3n) is 7.92. The molecule has 0 atom stereocenters. The number of allylic oxidation sites excluding steroid dienone is 4. The zero-order chi connectivity index (χ0) is 30.9. The van der Waals surface area contributed by atoms with Crippen molar-refractivity contribution in [3.05, 3.63) is 77.5 Å². The highest BCUT2D eigenvalue weighted by Crippen LogP contribution is 2.49. The maximum absolute atomic E-state index is 11.4. The van der Waals surface area contributed by atoms with Crippen LogP contribution in [0.25, 0.3) is 0 Å². The van der Waals surface area contributed by atoms with Gasteiger partial charge in [0.25, 0.3) is 26.7 Å². The van der Waals surface area contributed by atoms with E-state index in [1.165, 1.54) is 0 Å². The topological polar surface area (TPSA) is 141 Å². The summed E-state index contributed by atoms with van der Waals surface area (Å²) in [7, 11) is -8.21. The van der Waals surface area contributed by atoms with Crippen LogP contribution in [0, 0.1) is 0 Å². The average Bonchev–Trinajstić information content (AvgIpc) is 3.22. The lowest BCUT2D eigenvalue weighted by Gasteiger charge is -2.27. The Morgan fingerprint density at radius 3 is 2.24 bits per heavy atom. The first kappa shape index (κ1) is 31.6. The third kappa shape index (κ3) is 6.67. The van der Waals surface area contributed by atoms with Crippen LogP contribution in [0.5, 0.6) is 5.75 Å². The molecule has 0 aliphatic carbocycles. The lowest BCUT2D eigenvalue weighted by molar-refractivity contribution is -0.437. The second kappa shape index (κ2) is 11.8. The van der Waals surface area contributed by atoms with Crippen molar-refractivity contribution in [3.8, 4) is 5.75 Å². The van der Waals surface area contributed by atoms with Crippen LogP contribution < -0.4 is 9.64 Å². The van der Waals surface area contributed by atoms with Gasteiger partial charge < -0.3 is 9.64 Å². The minimum atomic E-state index is -4.12. The number of anilines is 1. The smallest absolute Gasteiger partial charge is 0.298 e. The molecular weight excluding hydrogens is 580 g/mol. The van der Waals surface area contributed by atoms with Gasteiger partial charge in [0, 0.05) is 47.5 Å². The zero-order valence-electron chi connectivity index (χ0n) is 24.1. The summed E-state index contributed by atoms with van der Waals surface area (Å²) >= 11 is 0. The Bertz CT molecular complexity index is 1690. The second-order valence-electron chi connectivity index (χ2n) is 11.5. The van der Waals surface area contributed by atoms with Gasteiger partial charge in [-0.3, -0.25) is 13.9 Å². The summed E-state index contributed by atoms with van der Waals surface area (Å²) in [6.45, 7) is 9.37. The number of nitrogens with zero attached hydrogens (tertiary/aromatic N) is 2. The minimum absolute atomic E-state index is 0.198. The van der Waals surface area contributed by atoms with Crippen LogP contribution in [-0.2, 0) is 35.9 Å². The van der Waals surface area contributed by atoms with Gasteiger partial charge in [0.1, 0.15) is 12.3 Å². The lowest BCUT2D eigenvalue weighted by Crippen LogP contribution is -2.29. The van der Waals surface area contributed by atoms with Crippen LogP contribution >= 0.6 is 0 Å². The van der Waals surface area contributed by atoms with E-state index in [1.54, 1.807) is 12.1 Å². The normalized spacial score (nSPS) is 18.5. The van der Waals surface area contributed by atoms with Gasteiger partial charge in [0.2, 0.25) is 5.69 Å². The number of hydrogen-bond donors (Lipinski definition) is 2. The number of ether oxygens (including phenoxy) is 1. The number of carbonyl (C=O) groups is 1. The van der Waals surface area contributed by atoms with Crippen molar-refractivity contribution in [3.63, 3.8) is 0 Å². The number of benzene rings is 2. The molecule has 0 amide bonds. The van der Waals surface area contributed by atoms with Crippen LogP contribution in [0.3, 0.4) is 0 Å². The molecule has 0 saturated heterocycles. The number of para-hydroxylation sites is 1. The molecule has 10 nitrogen and oxygen atoms in total. The predicted octanol–water partition coefficient (Wildman–Crippen LogP) is 4.39. The van der Waals surface area contributed by atoms with Crippen molar-refractivity contribution in [2.24, 2.45) is 0 Å². The molecule has 0 aromatic heterocycles. The molecule has 226 valence electrons. The molecule has 2 heterocycles. The lowest BCUT2D eigenvalue weighted by atomic mass is 9.81. The Labute approximate surface area is 247 Å². The molecule has 0 spiro atoms. The van der Waals surface area contributed by atoms with Gasteiger partial charge in [0.15, 0.2) is 5.71 Å². The minimum Gasteiger partial charge on any atom is -0.429 e. The Kier molecular flexibility index (Phi) is 8.85. The van der Waals surface area contributed by atoms with E-state index >= 15 is 0 Å². The first-order chi connectivity index (χ1) is 19.6. The van der Waals surface area contributed by atoms with Gasteiger partial charge in [-0.1, -0.05) is 38.1 Å². The van der Waals surface area contributed by atoms with Gasteiger partial charge in [-0.15, -0.1) is 0 Å². The van der Waals surface area contributed by atoms with E-state index in [2.05, 4.69) is 24.5 Å². The van der Waals surface area contributed by atoms with Gasteiger partial charge in [-0.2, -0.15) is 21.4 Å². The number of fused-ring (bicyclic) bond motifs is 2. The maximum atomic E-state index is 11.4. The van der Waals surface area contributed by atoms with Gasteiger partial charge >= 0.3 is 0 Å². The summed E-state index contributed by atoms with van der Waals surface area (Å²) in [6, 6.07) is 13.3. The quantitative estimate of drug-likeness (QED) is 0.201. The van der Waals surface area contributed by atoms with E-state index in [1.807, 2.05) is 61.2 Å². The highest BCUT2D eigenvalue weighted by molar-refractivity contribution is 7.86. The van der Waals surface area contributed by atoms with Gasteiger partial charge in [0.05, 0.1) is 16.9 Å². The third-order valence-corrected chi connectivity index (χ3v) is 9.53. The fraction of sp³-hybridized carbons (Fsp3) is 0.400. The van der Waals surface area contributed by atoms with E-state index in [0.717, 1.165) is 33.9 Å². The number of hydrogen-bond acceptors (Lipinski definition) is 7. The van der Waals surface area contributed by atoms with E-state index in [0.29, 0.717) is 25.3 Å². The van der Waals surface area contributed by atoms with E-state index in [4.69, 9.17) is 4.74 Å². The van der Waals surface area contributed by atoms with Crippen LogP contribution in [-0.4, -0.2) is 67.3 Å². The summed E-state index contributed by atoms with van der Waals surface area (Å²) < 4.78 is 71.3. The first-order valence-corrected chi connectivity index (χ1v) is 16.8. The van der Waals surface area contributed by atoms with Crippen molar-refractivity contribution in [1.82, 2.24) is 0 Å². The predicted molar refractivity (Wildman–Crippen MR) is 162 cm³/mol. The molecule has 2 aliphatic heterocycles. The van der Waals surface area contributed by atoms with Crippen LogP contribution in [0.1, 0.15) is 51.7 Å². The second-order valence-corrected chi connectivity index (χ2v) is 14.7. The highest BCUT2D eigenvalue weighted by Gasteiger charge is 2.44. The summed E-state index contributed by atoms with van der Waals surface area (Å²) in [4.78, 5) is 13.0. The summed E-state index contributed by atoms with van der Waals surface area (Å²) in [6.07, 6.45) is 6.34. The standard InChI is InChI=1S/C30H36N2O8S2/c1-29(2)23-10-5-6-11-25(23)31(16-8-18-41(34,35)36)27(29)12-7-13-28-30(3,4)24-20-22(40-21-33)14-15-26(24)32(28)17-9-19-42(37,38)39/h5-7,10-15,20-21H,8-9,16-19H2,1-4H3,(H-,34,35,36,37,38,39)/p+1. The maximum Gasteiger partial charge on any atom is 0.298 e. The number of rotatable bonds is 12. The molecule has 0 radical (unpaired) electrons. The molecule has 2 N–H and O–H groups in total.